The molecule has 2 rings (SSSR count). The van der Waals surface area contributed by atoms with E-state index in [0.717, 1.165) is 54.0 Å². The molecule has 0 spiro atoms. The van der Waals surface area contributed by atoms with E-state index < -0.39 is 0 Å². The van der Waals surface area contributed by atoms with Crippen molar-refractivity contribution < 1.29 is 4.74 Å². The molecule has 136 valence electrons. The number of anilines is 1. The van der Waals surface area contributed by atoms with Gasteiger partial charge in [0.05, 0.1) is 6.61 Å². The second kappa shape index (κ2) is 10.3. The quantitative estimate of drug-likeness (QED) is 0.515. The lowest BCUT2D eigenvalue weighted by atomic mass is 10.2. The monoisotopic (exact) mass is 360 g/mol. The number of benzene rings is 1. The van der Waals surface area contributed by atoms with Crippen LogP contribution in [0.4, 0.5) is 5.82 Å². The number of ether oxygens (including phenoxy) is 1. The topological polar surface area (TPSA) is 50.3 Å². The van der Waals surface area contributed by atoms with Crippen molar-refractivity contribution in [2.45, 2.75) is 39.0 Å². The van der Waals surface area contributed by atoms with Crippen molar-refractivity contribution in [2.24, 2.45) is 0 Å². The predicted molar refractivity (Wildman–Crippen MR) is 106 cm³/mol. The summed E-state index contributed by atoms with van der Waals surface area (Å²) >= 11 is 1.57. The van der Waals surface area contributed by atoms with Crippen LogP contribution in [0, 0.1) is 0 Å². The highest BCUT2D eigenvalue weighted by Gasteiger charge is 2.12. The molecule has 0 bridgehead atoms. The zero-order valence-electron chi connectivity index (χ0n) is 15.6. The number of nitrogens with one attached hydrogen (secondary N) is 1. The van der Waals surface area contributed by atoms with Crippen molar-refractivity contribution in [3.8, 4) is 5.75 Å². The molecule has 0 unspecified atom stereocenters. The van der Waals surface area contributed by atoms with E-state index in [-0.39, 0.29) is 0 Å². The number of thioether (sulfide) groups is 1. The molecule has 5 nitrogen and oxygen atoms in total. The van der Waals surface area contributed by atoms with E-state index in [1.807, 2.05) is 37.6 Å². The summed E-state index contributed by atoms with van der Waals surface area (Å²) in [6, 6.07) is 8.15. The smallest absolute Gasteiger partial charge is 0.189 e. The van der Waals surface area contributed by atoms with E-state index in [0.29, 0.717) is 6.61 Å². The molecule has 1 aromatic heterocycles. The van der Waals surface area contributed by atoms with Gasteiger partial charge in [0.15, 0.2) is 5.16 Å². The molecule has 0 aliphatic rings. The average molecular weight is 361 g/mol. The van der Waals surface area contributed by atoms with Crippen LogP contribution in [0.5, 0.6) is 5.75 Å². The third-order valence-electron chi connectivity index (χ3n) is 3.97. The molecule has 0 saturated carbocycles. The zero-order valence-corrected chi connectivity index (χ0v) is 16.4. The highest BCUT2D eigenvalue weighted by Crippen LogP contribution is 2.21. The standard InChI is InChI=1S/C19H28N4OS/c1-5-23(6-2)18-16(14-21-19(22-18)25-4)13-20-12-15-10-8-9-11-17(15)24-7-3/h8-11,14,20H,5-7,12-13H2,1-4H3. The van der Waals surface area contributed by atoms with Crippen LogP contribution >= 0.6 is 11.8 Å². The highest BCUT2D eigenvalue weighted by atomic mass is 32.2. The molecule has 0 aliphatic heterocycles. The van der Waals surface area contributed by atoms with Gasteiger partial charge in [-0.25, -0.2) is 9.97 Å². The Balaban J connectivity index is 2.10. The van der Waals surface area contributed by atoms with E-state index in [9.17, 15) is 0 Å². The molecule has 1 heterocycles. The van der Waals surface area contributed by atoms with Crippen molar-refractivity contribution in [3.63, 3.8) is 0 Å². The Morgan fingerprint density at radius 1 is 1.08 bits per heavy atom. The molecule has 2 aromatic rings. The number of hydrogen-bond donors (Lipinski definition) is 1. The van der Waals surface area contributed by atoms with Gasteiger partial charge >= 0.3 is 0 Å². The minimum atomic E-state index is 0.674. The van der Waals surface area contributed by atoms with Gasteiger partial charge in [0.2, 0.25) is 0 Å². The molecule has 1 aromatic carbocycles. The first kappa shape index (κ1) is 19.5. The minimum Gasteiger partial charge on any atom is -0.494 e. The van der Waals surface area contributed by atoms with Gasteiger partial charge in [0.1, 0.15) is 11.6 Å². The summed E-state index contributed by atoms with van der Waals surface area (Å²) < 4.78 is 5.69. The molecule has 0 fully saturated rings. The minimum absolute atomic E-state index is 0.674. The number of aromatic nitrogens is 2. The first-order valence-electron chi connectivity index (χ1n) is 8.79. The normalized spacial score (nSPS) is 10.7. The Bertz CT molecular complexity index is 662. The van der Waals surface area contributed by atoms with Gasteiger partial charge < -0.3 is 15.0 Å². The highest BCUT2D eigenvalue weighted by molar-refractivity contribution is 7.98. The number of hydrogen-bond acceptors (Lipinski definition) is 6. The Morgan fingerprint density at radius 2 is 1.80 bits per heavy atom. The number of rotatable bonds is 10. The SMILES string of the molecule is CCOc1ccccc1CNCc1cnc(SC)nc1N(CC)CC. The molecule has 1 N–H and O–H groups in total. The Kier molecular flexibility index (Phi) is 8.01. The van der Waals surface area contributed by atoms with E-state index in [4.69, 9.17) is 9.72 Å². The van der Waals surface area contributed by atoms with Crippen LogP contribution in [-0.2, 0) is 13.1 Å². The third kappa shape index (κ3) is 5.34. The summed E-state index contributed by atoms with van der Waals surface area (Å²) in [5.74, 6) is 1.96. The first-order chi connectivity index (χ1) is 12.2. The fourth-order valence-electron chi connectivity index (χ4n) is 2.68. The van der Waals surface area contributed by atoms with Crippen LogP contribution < -0.4 is 15.0 Å². The van der Waals surface area contributed by atoms with Crippen LogP contribution in [0.3, 0.4) is 0 Å². The second-order valence-electron chi connectivity index (χ2n) is 5.52. The van der Waals surface area contributed by atoms with Gasteiger partial charge in [-0.2, -0.15) is 0 Å². The molecule has 6 heteroatoms. The number of nitrogens with zero attached hydrogens (tertiary/aromatic N) is 3. The summed E-state index contributed by atoms with van der Waals surface area (Å²) in [7, 11) is 0. The molecular formula is C19H28N4OS. The van der Waals surface area contributed by atoms with E-state index >= 15 is 0 Å². The Labute approximate surface area is 155 Å². The van der Waals surface area contributed by atoms with Gasteiger partial charge in [-0.3, -0.25) is 0 Å². The summed E-state index contributed by atoms with van der Waals surface area (Å²) in [4.78, 5) is 11.4. The van der Waals surface area contributed by atoms with Crippen LogP contribution in [0.15, 0.2) is 35.6 Å². The van der Waals surface area contributed by atoms with Gasteiger partial charge in [-0.1, -0.05) is 30.0 Å². The summed E-state index contributed by atoms with van der Waals surface area (Å²) in [5.41, 5.74) is 2.28. The van der Waals surface area contributed by atoms with Crippen molar-refractivity contribution in [1.29, 1.82) is 0 Å². The van der Waals surface area contributed by atoms with Crippen LogP contribution in [0.2, 0.25) is 0 Å². The molecule has 0 amide bonds. The second-order valence-corrected chi connectivity index (χ2v) is 6.30. The Morgan fingerprint density at radius 3 is 2.48 bits per heavy atom. The molecule has 0 atom stereocenters. The maximum atomic E-state index is 5.69. The molecular weight excluding hydrogens is 332 g/mol. The van der Waals surface area contributed by atoms with Crippen molar-refractivity contribution in [2.75, 3.05) is 30.9 Å². The molecule has 0 radical (unpaired) electrons. The largest absolute Gasteiger partial charge is 0.494 e. The summed E-state index contributed by atoms with van der Waals surface area (Å²) in [5, 5.41) is 4.32. The lowest BCUT2D eigenvalue weighted by Gasteiger charge is -2.23. The fourth-order valence-corrected chi connectivity index (χ4v) is 3.02. The zero-order chi connectivity index (χ0) is 18.1. The van der Waals surface area contributed by atoms with Crippen LogP contribution in [-0.4, -0.2) is 35.9 Å². The number of para-hydroxylation sites is 1. The molecule has 0 saturated heterocycles. The predicted octanol–water partition coefficient (Wildman–Crippen LogP) is 3.73. The van der Waals surface area contributed by atoms with E-state index in [1.54, 1.807) is 11.8 Å². The summed E-state index contributed by atoms with van der Waals surface area (Å²) in [6.07, 6.45) is 3.94. The first-order valence-corrected chi connectivity index (χ1v) is 10.0. The summed E-state index contributed by atoms with van der Waals surface area (Å²) in [6.45, 7) is 10.3. The Hall–Kier alpha value is -1.79. The van der Waals surface area contributed by atoms with Gasteiger partial charge in [0, 0.05) is 43.5 Å². The van der Waals surface area contributed by atoms with Gasteiger partial charge in [-0.05, 0) is 33.1 Å². The lowest BCUT2D eigenvalue weighted by molar-refractivity contribution is 0.335. The van der Waals surface area contributed by atoms with Gasteiger partial charge in [-0.15, -0.1) is 0 Å². The lowest BCUT2D eigenvalue weighted by Crippen LogP contribution is -2.26. The van der Waals surface area contributed by atoms with Gasteiger partial charge in [0.25, 0.3) is 0 Å². The van der Waals surface area contributed by atoms with Crippen LogP contribution in [0.1, 0.15) is 31.9 Å². The molecule has 25 heavy (non-hydrogen) atoms. The van der Waals surface area contributed by atoms with Crippen LogP contribution in [0.25, 0.3) is 0 Å². The fraction of sp³-hybridized carbons (Fsp3) is 0.474. The van der Waals surface area contributed by atoms with Crippen molar-refractivity contribution in [1.82, 2.24) is 15.3 Å². The van der Waals surface area contributed by atoms with Crippen molar-refractivity contribution >= 4 is 17.6 Å². The van der Waals surface area contributed by atoms with E-state index in [2.05, 4.69) is 35.1 Å². The average Bonchev–Trinajstić information content (AvgIpc) is 2.65. The maximum absolute atomic E-state index is 5.69. The maximum Gasteiger partial charge on any atom is 0.189 e. The third-order valence-corrected chi connectivity index (χ3v) is 4.53. The van der Waals surface area contributed by atoms with E-state index in [1.165, 1.54) is 0 Å². The molecule has 0 aliphatic carbocycles. The van der Waals surface area contributed by atoms with Crippen molar-refractivity contribution in [3.05, 3.63) is 41.6 Å².